The van der Waals surface area contributed by atoms with Crippen LogP contribution in [-0.2, 0) is 11.3 Å². The van der Waals surface area contributed by atoms with Crippen LogP contribution in [0.3, 0.4) is 0 Å². The lowest BCUT2D eigenvalue weighted by Gasteiger charge is -2.05. The summed E-state index contributed by atoms with van der Waals surface area (Å²) in [5.74, 6) is 7.18. The van der Waals surface area contributed by atoms with Gasteiger partial charge in [-0.05, 0) is 60.0 Å². The second kappa shape index (κ2) is 12.7. The van der Waals surface area contributed by atoms with Crippen molar-refractivity contribution in [2.75, 3.05) is 26.9 Å². The Hall–Kier alpha value is -2.80. The van der Waals surface area contributed by atoms with E-state index in [-0.39, 0.29) is 0 Å². The van der Waals surface area contributed by atoms with Crippen LogP contribution in [0.25, 0.3) is 10.8 Å². The smallest absolute Gasteiger partial charge is 0.119 e. The van der Waals surface area contributed by atoms with Crippen molar-refractivity contribution in [2.24, 2.45) is 0 Å². The molecule has 3 heteroatoms. The first-order valence-electron chi connectivity index (χ1n) is 10.7. The molecular weight excluding hydrogens is 370 g/mol. The predicted molar refractivity (Wildman–Crippen MR) is 125 cm³/mol. The van der Waals surface area contributed by atoms with Crippen LogP contribution in [-0.4, -0.2) is 26.9 Å². The van der Waals surface area contributed by atoms with Crippen LogP contribution >= 0.6 is 0 Å². The lowest BCUT2D eigenvalue weighted by atomic mass is 10.1. The fraction of sp³-hybridized carbons (Fsp3) is 0.333. The summed E-state index contributed by atoms with van der Waals surface area (Å²) in [6, 6.07) is 22.8. The highest BCUT2D eigenvalue weighted by Crippen LogP contribution is 2.21. The number of fused-ring (bicyclic) bond motifs is 1. The highest BCUT2D eigenvalue weighted by Gasteiger charge is 1.97. The van der Waals surface area contributed by atoms with Gasteiger partial charge in [0.25, 0.3) is 0 Å². The van der Waals surface area contributed by atoms with Gasteiger partial charge in [0.15, 0.2) is 0 Å². The molecule has 0 aliphatic heterocycles. The summed E-state index contributed by atoms with van der Waals surface area (Å²) < 4.78 is 10.9. The third-order valence-corrected chi connectivity index (χ3v) is 5.02. The van der Waals surface area contributed by atoms with Gasteiger partial charge in [-0.25, -0.2) is 0 Å². The van der Waals surface area contributed by atoms with Crippen molar-refractivity contribution in [3.63, 3.8) is 0 Å². The Morgan fingerprint density at radius 1 is 0.833 bits per heavy atom. The Morgan fingerprint density at radius 2 is 1.63 bits per heavy atom. The van der Waals surface area contributed by atoms with Crippen LogP contribution in [0.15, 0.2) is 66.7 Å². The Kier molecular flexibility index (Phi) is 9.27. The van der Waals surface area contributed by atoms with E-state index in [0.29, 0.717) is 6.61 Å². The molecule has 0 fully saturated rings. The van der Waals surface area contributed by atoms with E-state index in [4.69, 9.17) is 9.47 Å². The van der Waals surface area contributed by atoms with Gasteiger partial charge in [-0.2, -0.15) is 0 Å². The van der Waals surface area contributed by atoms with Crippen LogP contribution in [0.1, 0.15) is 36.8 Å². The largest absolute Gasteiger partial charge is 0.497 e. The lowest BCUT2D eigenvalue weighted by Crippen LogP contribution is -2.14. The van der Waals surface area contributed by atoms with Crippen molar-refractivity contribution < 1.29 is 9.47 Å². The van der Waals surface area contributed by atoms with E-state index in [9.17, 15) is 0 Å². The highest BCUT2D eigenvalue weighted by molar-refractivity contribution is 5.85. The predicted octanol–water partition coefficient (Wildman–Crippen LogP) is 5.57. The second-order valence-corrected chi connectivity index (χ2v) is 7.36. The van der Waals surface area contributed by atoms with Crippen molar-refractivity contribution in [1.82, 2.24) is 5.32 Å². The summed E-state index contributed by atoms with van der Waals surface area (Å²) in [6.07, 6.45) is 4.74. The number of ether oxygens (including phenoxy) is 2. The van der Waals surface area contributed by atoms with E-state index in [1.165, 1.54) is 30.2 Å². The maximum atomic E-state index is 5.65. The van der Waals surface area contributed by atoms with Gasteiger partial charge in [0, 0.05) is 18.7 Å². The van der Waals surface area contributed by atoms with Crippen molar-refractivity contribution >= 4 is 10.8 Å². The molecule has 0 aromatic heterocycles. The first-order chi connectivity index (χ1) is 14.8. The molecule has 3 aromatic rings. The Morgan fingerprint density at radius 3 is 2.50 bits per heavy atom. The molecule has 0 spiro atoms. The molecule has 0 aliphatic carbocycles. The van der Waals surface area contributed by atoms with Gasteiger partial charge in [0.1, 0.15) is 12.4 Å². The fourth-order valence-corrected chi connectivity index (χ4v) is 3.33. The van der Waals surface area contributed by atoms with E-state index in [1.807, 2.05) is 18.2 Å². The van der Waals surface area contributed by atoms with Crippen molar-refractivity contribution in [1.29, 1.82) is 0 Å². The van der Waals surface area contributed by atoms with Crippen LogP contribution in [0.4, 0.5) is 0 Å². The molecule has 0 atom stereocenters. The number of hydrogen-bond acceptors (Lipinski definition) is 3. The minimum Gasteiger partial charge on any atom is -0.497 e. The maximum absolute atomic E-state index is 5.65. The number of nitrogens with one attached hydrogen (secondary N) is 1. The molecule has 30 heavy (non-hydrogen) atoms. The van der Waals surface area contributed by atoms with Gasteiger partial charge >= 0.3 is 0 Å². The summed E-state index contributed by atoms with van der Waals surface area (Å²) >= 11 is 0. The Balaban J connectivity index is 1.23. The molecule has 0 heterocycles. The maximum Gasteiger partial charge on any atom is 0.119 e. The van der Waals surface area contributed by atoms with E-state index in [1.54, 1.807) is 7.11 Å². The summed E-state index contributed by atoms with van der Waals surface area (Å²) in [5.41, 5.74) is 2.36. The molecule has 0 saturated heterocycles. The highest BCUT2D eigenvalue weighted by atomic mass is 16.5. The van der Waals surface area contributed by atoms with Crippen LogP contribution < -0.4 is 10.1 Å². The molecular formula is C27H31NO2. The fourth-order valence-electron chi connectivity index (χ4n) is 3.33. The minimum absolute atomic E-state index is 0.485. The molecule has 3 aromatic carbocycles. The Labute approximate surface area is 180 Å². The molecule has 0 bridgehead atoms. The molecule has 0 radical (unpaired) electrons. The molecule has 1 N–H and O–H groups in total. The van der Waals surface area contributed by atoms with Gasteiger partial charge in [-0.3, -0.25) is 0 Å². The number of rotatable bonds is 11. The van der Waals surface area contributed by atoms with Gasteiger partial charge in [-0.15, -0.1) is 0 Å². The SMILES string of the molecule is COc1ccc2cc(C#CCOCCCCCCNCc3ccccc3)ccc2c1. The number of hydrogen-bond donors (Lipinski definition) is 1. The van der Waals surface area contributed by atoms with E-state index in [0.717, 1.165) is 42.8 Å². The molecule has 3 nitrogen and oxygen atoms in total. The van der Waals surface area contributed by atoms with Crippen LogP contribution in [0.5, 0.6) is 5.75 Å². The third kappa shape index (κ3) is 7.55. The van der Waals surface area contributed by atoms with Gasteiger partial charge in [0.05, 0.1) is 7.11 Å². The van der Waals surface area contributed by atoms with Crippen LogP contribution in [0.2, 0.25) is 0 Å². The summed E-state index contributed by atoms with van der Waals surface area (Å²) in [7, 11) is 1.69. The quantitative estimate of drug-likeness (QED) is 0.337. The van der Waals surface area contributed by atoms with E-state index >= 15 is 0 Å². The molecule has 156 valence electrons. The standard InChI is InChI=1S/C27H31NO2/c1-29-27-16-15-25-20-23(13-14-26(25)21-27)12-9-19-30-18-8-3-2-7-17-28-22-24-10-5-4-6-11-24/h4-6,10-11,13-16,20-21,28H,2-3,7-8,17-19,22H2,1H3. The van der Waals surface area contributed by atoms with Crippen molar-refractivity contribution in [2.45, 2.75) is 32.2 Å². The molecule has 3 rings (SSSR count). The van der Waals surface area contributed by atoms with Gasteiger partial charge in [0.2, 0.25) is 0 Å². The second-order valence-electron chi connectivity index (χ2n) is 7.36. The number of unbranched alkanes of at least 4 members (excludes halogenated alkanes) is 3. The number of methoxy groups -OCH3 is 1. The van der Waals surface area contributed by atoms with Gasteiger partial charge in [-0.1, -0.05) is 67.1 Å². The first-order valence-corrected chi connectivity index (χ1v) is 10.7. The monoisotopic (exact) mass is 401 g/mol. The van der Waals surface area contributed by atoms with Gasteiger partial charge < -0.3 is 14.8 Å². The molecule has 0 amide bonds. The normalized spacial score (nSPS) is 10.6. The van der Waals surface area contributed by atoms with E-state index < -0.39 is 0 Å². The first kappa shape index (κ1) is 21.9. The van der Waals surface area contributed by atoms with Crippen molar-refractivity contribution in [3.05, 3.63) is 77.9 Å². The average molecular weight is 402 g/mol. The zero-order valence-electron chi connectivity index (χ0n) is 17.8. The molecule has 0 saturated carbocycles. The summed E-state index contributed by atoms with van der Waals surface area (Å²) in [5, 5.41) is 5.82. The average Bonchev–Trinajstić information content (AvgIpc) is 2.80. The molecule has 0 aliphatic rings. The van der Waals surface area contributed by atoms with E-state index in [2.05, 4.69) is 65.7 Å². The zero-order valence-corrected chi connectivity index (χ0v) is 17.8. The summed E-state index contributed by atoms with van der Waals surface area (Å²) in [6.45, 7) is 3.29. The number of benzene rings is 3. The summed E-state index contributed by atoms with van der Waals surface area (Å²) in [4.78, 5) is 0. The third-order valence-electron chi connectivity index (χ3n) is 5.02. The topological polar surface area (TPSA) is 30.5 Å². The Bertz CT molecular complexity index is 957. The molecule has 0 unspecified atom stereocenters. The lowest BCUT2D eigenvalue weighted by molar-refractivity contribution is 0.162. The van der Waals surface area contributed by atoms with Crippen molar-refractivity contribution in [3.8, 4) is 17.6 Å². The van der Waals surface area contributed by atoms with Crippen LogP contribution in [0, 0.1) is 11.8 Å². The minimum atomic E-state index is 0.485. The zero-order chi connectivity index (χ0) is 20.9.